The second-order valence-electron chi connectivity index (χ2n) is 7.17. The minimum atomic E-state index is -3.07. The van der Waals surface area contributed by atoms with E-state index in [-0.39, 0.29) is 29.7 Å². The van der Waals surface area contributed by atoms with Gasteiger partial charge in [-0.1, -0.05) is 0 Å². The molecule has 0 aliphatic carbocycles. The number of aromatic nitrogens is 2. The molecule has 0 radical (unpaired) electrons. The Bertz CT molecular complexity index is 742. The Kier molecular flexibility index (Phi) is 7.75. The Morgan fingerprint density at radius 1 is 1.42 bits per heavy atom. The Labute approximate surface area is 174 Å². The fourth-order valence-corrected chi connectivity index (χ4v) is 4.27. The van der Waals surface area contributed by atoms with Crippen molar-refractivity contribution in [1.82, 2.24) is 19.8 Å². The lowest BCUT2D eigenvalue weighted by Crippen LogP contribution is -2.57. The fourth-order valence-electron chi connectivity index (χ4n) is 2.90. The molecule has 1 aromatic heterocycles. The van der Waals surface area contributed by atoms with Gasteiger partial charge in [0.15, 0.2) is 15.8 Å². The molecule has 26 heavy (non-hydrogen) atoms. The first kappa shape index (κ1) is 23.0. The van der Waals surface area contributed by atoms with Gasteiger partial charge >= 0.3 is 0 Å². The van der Waals surface area contributed by atoms with Crippen LogP contribution in [0.4, 0.5) is 5.95 Å². The van der Waals surface area contributed by atoms with Crippen LogP contribution in [0.3, 0.4) is 0 Å². The molecule has 1 aliphatic rings. The predicted molar refractivity (Wildman–Crippen MR) is 117 cm³/mol. The van der Waals surface area contributed by atoms with Crippen LogP contribution in [-0.4, -0.2) is 73.1 Å². The number of hydrogen-bond acceptors (Lipinski definition) is 5. The molecule has 2 heterocycles. The topological polar surface area (TPSA) is 82.8 Å². The van der Waals surface area contributed by atoms with E-state index in [9.17, 15) is 8.42 Å². The number of nitrogens with one attached hydrogen (secondary N) is 1. The van der Waals surface area contributed by atoms with Crippen molar-refractivity contribution < 1.29 is 8.42 Å². The molecular formula is C16H31IN6O2S. The van der Waals surface area contributed by atoms with Gasteiger partial charge in [-0.25, -0.2) is 18.4 Å². The number of nitrogens with zero attached hydrogens (tertiary/aromatic N) is 5. The number of rotatable bonds is 4. The van der Waals surface area contributed by atoms with E-state index < -0.39 is 14.6 Å². The van der Waals surface area contributed by atoms with Gasteiger partial charge in [0.2, 0.25) is 5.95 Å². The van der Waals surface area contributed by atoms with Crippen LogP contribution in [0, 0.1) is 0 Å². The number of halogens is 1. The fraction of sp³-hybridized carbons (Fsp3) is 0.750. The van der Waals surface area contributed by atoms with E-state index in [0.717, 1.165) is 24.1 Å². The average Bonchev–Trinajstić information content (AvgIpc) is 2.88. The smallest absolute Gasteiger partial charge is 0.204 e. The molecule has 0 atom stereocenters. The first-order valence-corrected chi connectivity index (χ1v) is 10.2. The SMILES string of the molecule is CCNC(=NCc1cnc(N(C)C)n1C)N1CCS(=O)(=O)C(C)(C)C1.I. The Balaban J connectivity index is 0.00000338. The van der Waals surface area contributed by atoms with E-state index >= 15 is 0 Å². The van der Waals surface area contributed by atoms with Gasteiger partial charge in [-0.2, -0.15) is 0 Å². The zero-order chi connectivity index (χ0) is 18.8. The summed E-state index contributed by atoms with van der Waals surface area (Å²) < 4.78 is 25.7. The zero-order valence-corrected chi connectivity index (χ0v) is 19.6. The van der Waals surface area contributed by atoms with Gasteiger partial charge in [-0.3, -0.25) is 0 Å². The van der Waals surface area contributed by atoms with E-state index in [0.29, 0.717) is 19.6 Å². The Hall–Kier alpha value is -1.04. The average molecular weight is 498 g/mol. The van der Waals surface area contributed by atoms with Crippen LogP contribution in [0.15, 0.2) is 11.2 Å². The molecule has 0 amide bonds. The Morgan fingerprint density at radius 2 is 2.08 bits per heavy atom. The van der Waals surface area contributed by atoms with Gasteiger partial charge in [0, 0.05) is 40.8 Å². The van der Waals surface area contributed by atoms with Crippen LogP contribution in [-0.2, 0) is 23.4 Å². The molecule has 1 aromatic rings. The number of imidazole rings is 1. The molecule has 0 spiro atoms. The molecule has 0 unspecified atom stereocenters. The van der Waals surface area contributed by atoms with E-state index in [4.69, 9.17) is 4.99 Å². The van der Waals surface area contributed by atoms with Gasteiger partial charge in [0.05, 0.1) is 28.9 Å². The molecule has 1 aliphatic heterocycles. The maximum Gasteiger partial charge on any atom is 0.204 e. The van der Waals surface area contributed by atoms with Crippen molar-refractivity contribution in [3.63, 3.8) is 0 Å². The monoisotopic (exact) mass is 498 g/mol. The molecular weight excluding hydrogens is 467 g/mol. The molecule has 0 saturated carbocycles. The first-order valence-electron chi connectivity index (χ1n) is 8.52. The molecule has 8 nitrogen and oxygen atoms in total. The summed E-state index contributed by atoms with van der Waals surface area (Å²) in [6, 6.07) is 0. The third kappa shape index (κ3) is 4.81. The third-order valence-electron chi connectivity index (χ3n) is 4.53. The molecule has 1 fully saturated rings. The molecule has 2 rings (SSSR count). The summed E-state index contributed by atoms with van der Waals surface area (Å²) >= 11 is 0. The summed E-state index contributed by atoms with van der Waals surface area (Å²) in [5.41, 5.74) is 1.00. The second kappa shape index (κ2) is 8.77. The number of sulfone groups is 1. The van der Waals surface area contributed by atoms with Crippen molar-refractivity contribution in [3.8, 4) is 0 Å². The molecule has 150 valence electrons. The highest BCUT2D eigenvalue weighted by Crippen LogP contribution is 2.24. The van der Waals surface area contributed by atoms with E-state index in [1.165, 1.54) is 0 Å². The summed E-state index contributed by atoms with van der Waals surface area (Å²) in [5, 5.41) is 3.28. The Morgan fingerprint density at radius 3 is 2.58 bits per heavy atom. The van der Waals surface area contributed by atoms with Crippen LogP contribution in [0.2, 0.25) is 0 Å². The van der Waals surface area contributed by atoms with Crippen molar-refractivity contribution in [3.05, 3.63) is 11.9 Å². The number of aliphatic imine (C=N–C) groups is 1. The van der Waals surface area contributed by atoms with Gasteiger partial charge in [0.25, 0.3) is 0 Å². The molecule has 1 saturated heterocycles. The third-order valence-corrected chi connectivity index (χ3v) is 7.06. The van der Waals surface area contributed by atoms with Crippen molar-refractivity contribution in [2.45, 2.75) is 32.1 Å². The highest BCUT2D eigenvalue weighted by Gasteiger charge is 2.40. The normalized spacial score (nSPS) is 19.0. The standard InChI is InChI=1S/C16H30N6O2S.HI/c1-7-17-14(22-8-9-25(23,24)16(2,3)12-22)18-10-13-11-19-15(20(4)5)21(13)6;/h11H,7-10,12H2,1-6H3,(H,17,18);1H. The van der Waals surface area contributed by atoms with Crippen molar-refractivity contribution in [2.75, 3.05) is 44.4 Å². The van der Waals surface area contributed by atoms with Crippen molar-refractivity contribution in [1.29, 1.82) is 0 Å². The van der Waals surface area contributed by atoms with Crippen molar-refractivity contribution >= 4 is 45.7 Å². The van der Waals surface area contributed by atoms with Gasteiger partial charge in [-0.05, 0) is 20.8 Å². The summed E-state index contributed by atoms with van der Waals surface area (Å²) in [5.74, 6) is 1.78. The molecule has 0 aromatic carbocycles. The largest absolute Gasteiger partial charge is 0.357 e. The number of hydrogen-bond donors (Lipinski definition) is 1. The lowest BCUT2D eigenvalue weighted by Gasteiger charge is -2.39. The lowest BCUT2D eigenvalue weighted by molar-refractivity contribution is 0.353. The molecule has 0 bridgehead atoms. The molecule has 1 N–H and O–H groups in total. The van der Waals surface area contributed by atoms with E-state index in [1.807, 2.05) is 48.6 Å². The van der Waals surface area contributed by atoms with Gasteiger partial charge < -0.3 is 19.7 Å². The summed E-state index contributed by atoms with van der Waals surface area (Å²) in [6.45, 7) is 7.70. The zero-order valence-electron chi connectivity index (χ0n) is 16.5. The lowest BCUT2D eigenvalue weighted by atomic mass is 10.2. The molecule has 10 heteroatoms. The van der Waals surface area contributed by atoms with E-state index in [2.05, 4.69) is 10.3 Å². The van der Waals surface area contributed by atoms with Gasteiger partial charge in [-0.15, -0.1) is 24.0 Å². The highest BCUT2D eigenvalue weighted by molar-refractivity contribution is 14.0. The quantitative estimate of drug-likeness (QED) is 0.380. The van der Waals surface area contributed by atoms with Crippen LogP contribution in [0.25, 0.3) is 0 Å². The van der Waals surface area contributed by atoms with Crippen LogP contribution in [0.5, 0.6) is 0 Å². The highest BCUT2D eigenvalue weighted by atomic mass is 127. The van der Waals surface area contributed by atoms with Gasteiger partial charge in [0.1, 0.15) is 0 Å². The minimum Gasteiger partial charge on any atom is -0.357 e. The van der Waals surface area contributed by atoms with E-state index in [1.54, 1.807) is 13.8 Å². The first-order chi connectivity index (χ1) is 11.6. The summed E-state index contributed by atoms with van der Waals surface area (Å²) in [4.78, 5) is 13.1. The second-order valence-corrected chi connectivity index (χ2v) is 9.92. The van der Waals surface area contributed by atoms with Crippen LogP contribution in [0.1, 0.15) is 26.5 Å². The predicted octanol–water partition coefficient (Wildman–Crippen LogP) is 1.08. The maximum atomic E-state index is 12.2. The van der Waals surface area contributed by atoms with Crippen LogP contribution >= 0.6 is 24.0 Å². The summed E-state index contributed by atoms with van der Waals surface area (Å²) in [6.07, 6.45) is 1.83. The number of guanidine groups is 1. The summed E-state index contributed by atoms with van der Waals surface area (Å²) in [7, 11) is 2.81. The minimum absolute atomic E-state index is 0. The van der Waals surface area contributed by atoms with Crippen LogP contribution < -0.4 is 10.2 Å². The number of anilines is 1. The van der Waals surface area contributed by atoms with Crippen molar-refractivity contribution in [2.24, 2.45) is 12.0 Å². The maximum absolute atomic E-state index is 12.2.